The minimum atomic E-state index is -0.106. The van der Waals surface area contributed by atoms with Crippen molar-refractivity contribution in [1.29, 1.82) is 0 Å². The summed E-state index contributed by atoms with van der Waals surface area (Å²) >= 11 is 0. The molecule has 6 nitrogen and oxygen atoms in total. The van der Waals surface area contributed by atoms with Gasteiger partial charge in [0.2, 0.25) is 0 Å². The molecule has 0 aliphatic carbocycles. The van der Waals surface area contributed by atoms with Gasteiger partial charge in [0.05, 0.1) is 22.9 Å². The zero-order chi connectivity index (χ0) is 20.0. The molecule has 0 saturated heterocycles. The summed E-state index contributed by atoms with van der Waals surface area (Å²) < 4.78 is 7.21. The number of anilines is 1. The smallest absolute Gasteiger partial charge is 0.258 e. The quantitative estimate of drug-likeness (QED) is 0.532. The highest BCUT2D eigenvalue weighted by Gasteiger charge is 2.23. The Morgan fingerprint density at radius 2 is 1.93 bits per heavy atom. The first kappa shape index (κ1) is 18.0. The van der Waals surface area contributed by atoms with Crippen molar-refractivity contribution in [1.82, 2.24) is 14.8 Å². The standard InChI is InChI=1S/C22H22N4O2/c1-13-8-9-14(2)18(11-13)25(4)22(27)16-12-17(19-7-6-10-28-19)23-21-20(16)15(3)24-26(21)5/h6-12H,1-5H3. The van der Waals surface area contributed by atoms with Crippen LogP contribution in [-0.4, -0.2) is 27.7 Å². The lowest BCUT2D eigenvalue weighted by Gasteiger charge is -2.21. The van der Waals surface area contributed by atoms with E-state index in [4.69, 9.17) is 4.42 Å². The van der Waals surface area contributed by atoms with E-state index in [1.54, 1.807) is 35.0 Å². The number of benzene rings is 1. The van der Waals surface area contributed by atoms with E-state index >= 15 is 0 Å². The summed E-state index contributed by atoms with van der Waals surface area (Å²) in [6.45, 7) is 5.92. The fourth-order valence-electron chi connectivity index (χ4n) is 3.53. The van der Waals surface area contributed by atoms with Gasteiger partial charge in [0, 0.05) is 19.8 Å². The number of carbonyl (C=O) groups is 1. The number of hydrogen-bond donors (Lipinski definition) is 0. The molecule has 3 heterocycles. The highest BCUT2D eigenvalue weighted by atomic mass is 16.3. The monoisotopic (exact) mass is 374 g/mol. The van der Waals surface area contributed by atoms with Crippen LogP contribution < -0.4 is 4.90 Å². The van der Waals surface area contributed by atoms with Crippen LogP contribution in [0, 0.1) is 20.8 Å². The van der Waals surface area contributed by atoms with Crippen molar-refractivity contribution in [3.8, 4) is 11.5 Å². The first-order valence-electron chi connectivity index (χ1n) is 9.10. The number of furan rings is 1. The molecule has 0 bridgehead atoms. The number of nitrogens with zero attached hydrogens (tertiary/aromatic N) is 4. The fourth-order valence-corrected chi connectivity index (χ4v) is 3.53. The van der Waals surface area contributed by atoms with E-state index in [0.29, 0.717) is 22.7 Å². The molecule has 142 valence electrons. The van der Waals surface area contributed by atoms with Crippen LogP contribution in [0.1, 0.15) is 27.2 Å². The highest BCUT2D eigenvalue weighted by Crippen LogP contribution is 2.30. The lowest BCUT2D eigenvalue weighted by molar-refractivity contribution is 0.0994. The molecule has 6 heteroatoms. The first-order valence-corrected chi connectivity index (χ1v) is 9.10. The minimum Gasteiger partial charge on any atom is -0.463 e. The normalized spacial score (nSPS) is 11.2. The van der Waals surface area contributed by atoms with E-state index in [-0.39, 0.29) is 5.91 Å². The lowest BCUT2D eigenvalue weighted by Crippen LogP contribution is -2.27. The van der Waals surface area contributed by atoms with Crippen LogP contribution in [0.5, 0.6) is 0 Å². The zero-order valence-electron chi connectivity index (χ0n) is 16.6. The van der Waals surface area contributed by atoms with Crippen LogP contribution in [0.15, 0.2) is 47.1 Å². The Balaban J connectivity index is 1.91. The number of fused-ring (bicyclic) bond motifs is 1. The number of aryl methyl sites for hydroxylation is 4. The Morgan fingerprint density at radius 1 is 1.14 bits per heavy atom. The van der Waals surface area contributed by atoms with Gasteiger partial charge in [0.15, 0.2) is 11.4 Å². The number of hydrogen-bond acceptors (Lipinski definition) is 4. The van der Waals surface area contributed by atoms with Crippen molar-refractivity contribution in [2.24, 2.45) is 7.05 Å². The van der Waals surface area contributed by atoms with Crippen molar-refractivity contribution in [2.75, 3.05) is 11.9 Å². The SMILES string of the molecule is Cc1ccc(C)c(N(C)C(=O)c2cc(-c3ccco3)nc3c2c(C)nn3C)c1. The third kappa shape index (κ3) is 2.87. The molecule has 1 amide bonds. The number of aromatic nitrogens is 3. The first-order chi connectivity index (χ1) is 13.4. The molecule has 0 unspecified atom stereocenters. The number of pyridine rings is 1. The van der Waals surface area contributed by atoms with Gasteiger partial charge in [-0.2, -0.15) is 5.10 Å². The van der Waals surface area contributed by atoms with Crippen molar-refractivity contribution in [2.45, 2.75) is 20.8 Å². The fraction of sp³-hybridized carbons (Fsp3) is 0.227. The molecule has 0 aliphatic rings. The number of carbonyl (C=O) groups excluding carboxylic acids is 1. The topological polar surface area (TPSA) is 64.2 Å². The van der Waals surface area contributed by atoms with E-state index in [2.05, 4.69) is 10.1 Å². The highest BCUT2D eigenvalue weighted by molar-refractivity contribution is 6.14. The summed E-state index contributed by atoms with van der Waals surface area (Å²) in [4.78, 5) is 19.9. The Kier molecular flexibility index (Phi) is 4.26. The Morgan fingerprint density at radius 3 is 2.64 bits per heavy atom. The second-order valence-corrected chi connectivity index (χ2v) is 7.09. The molecule has 0 fully saturated rings. The Hall–Kier alpha value is -3.41. The summed E-state index contributed by atoms with van der Waals surface area (Å²) in [5.41, 5.74) is 5.63. The summed E-state index contributed by atoms with van der Waals surface area (Å²) in [6.07, 6.45) is 1.60. The van der Waals surface area contributed by atoms with Crippen molar-refractivity contribution in [3.05, 3.63) is 65.0 Å². The molecule has 0 saturated carbocycles. The third-order valence-electron chi connectivity index (χ3n) is 5.00. The van der Waals surface area contributed by atoms with Gasteiger partial charge in [-0.05, 0) is 56.2 Å². The Labute approximate surface area is 163 Å². The van der Waals surface area contributed by atoms with Crippen LogP contribution in [-0.2, 0) is 7.05 Å². The molecular weight excluding hydrogens is 352 g/mol. The molecule has 3 aromatic heterocycles. The van der Waals surface area contributed by atoms with Crippen LogP contribution in [0.4, 0.5) is 5.69 Å². The van der Waals surface area contributed by atoms with Gasteiger partial charge >= 0.3 is 0 Å². The van der Waals surface area contributed by atoms with Crippen LogP contribution in [0.25, 0.3) is 22.5 Å². The Bertz CT molecular complexity index is 1190. The van der Waals surface area contributed by atoms with Gasteiger partial charge in [-0.3, -0.25) is 9.48 Å². The molecule has 0 radical (unpaired) electrons. The molecule has 4 rings (SSSR count). The predicted octanol–water partition coefficient (Wildman–Crippen LogP) is 4.43. The van der Waals surface area contributed by atoms with Crippen molar-refractivity contribution >= 4 is 22.6 Å². The molecule has 0 spiro atoms. The molecule has 4 aromatic rings. The largest absolute Gasteiger partial charge is 0.463 e. The molecule has 0 N–H and O–H groups in total. The molecule has 1 aromatic carbocycles. The zero-order valence-corrected chi connectivity index (χ0v) is 16.6. The summed E-state index contributed by atoms with van der Waals surface area (Å²) in [7, 11) is 3.63. The van der Waals surface area contributed by atoms with E-state index < -0.39 is 0 Å². The third-order valence-corrected chi connectivity index (χ3v) is 5.00. The van der Waals surface area contributed by atoms with Crippen molar-refractivity contribution < 1.29 is 9.21 Å². The van der Waals surface area contributed by atoms with Crippen molar-refractivity contribution in [3.63, 3.8) is 0 Å². The molecule has 0 atom stereocenters. The average molecular weight is 374 g/mol. The van der Waals surface area contributed by atoms with Crippen LogP contribution >= 0.6 is 0 Å². The molecular formula is C22H22N4O2. The second kappa shape index (κ2) is 6.64. The summed E-state index contributed by atoms with van der Waals surface area (Å²) in [5.74, 6) is 0.509. The molecule has 0 aliphatic heterocycles. The number of amides is 1. The predicted molar refractivity (Wildman–Crippen MR) is 110 cm³/mol. The maximum Gasteiger partial charge on any atom is 0.258 e. The van der Waals surface area contributed by atoms with Crippen LogP contribution in [0.2, 0.25) is 0 Å². The van der Waals surface area contributed by atoms with Gasteiger partial charge in [0.1, 0.15) is 5.69 Å². The van der Waals surface area contributed by atoms with Gasteiger partial charge in [0.25, 0.3) is 5.91 Å². The van der Waals surface area contributed by atoms with Gasteiger partial charge in [-0.15, -0.1) is 0 Å². The molecule has 28 heavy (non-hydrogen) atoms. The lowest BCUT2D eigenvalue weighted by atomic mass is 10.1. The summed E-state index contributed by atoms with van der Waals surface area (Å²) in [5, 5.41) is 5.24. The van der Waals surface area contributed by atoms with Gasteiger partial charge in [-0.25, -0.2) is 4.98 Å². The second-order valence-electron chi connectivity index (χ2n) is 7.09. The minimum absolute atomic E-state index is 0.106. The van der Waals surface area contributed by atoms with Gasteiger partial charge < -0.3 is 9.32 Å². The summed E-state index contributed by atoms with van der Waals surface area (Å²) in [6, 6.07) is 11.5. The van der Waals surface area contributed by atoms with Gasteiger partial charge in [-0.1, -0.05) is 12.1 Å². The van der Waals surface area contributed by atoms with E-state index in [1.807, 2.05) is 52.1 Å². The van der Waals surface area contributed by atoms with E-state index in [9.17, 15) is 4.79 Å². The van der Waals surface area contributed by atoms with Crippen LogP contribution in [0.3, 0.4) is 0 Å². The average Bonchev–Trinajstić information content (AvgIpc) is 3.31. The maximum absolute atomic E-state index is 13.5. The van der Waals surface area contributed by atoms with E-state index in [0.717, 1.165) is 27.9 Å². The van der Waals surface area contributed by atoms with E-state index in [1.165, 1.54) is 0 Å². The number of rotatable bonds is 3. The maximum atomic E-state index is 13.5.